The molecule has 58 heavy (non-hydrogen) atoms. The monoisotopic (exact) mass is 947 g/mol. The van der Waals surface area contributed by atoms with Gasteiger partial charge in [0.15, 0.2) is 0 Å². The van der Waals surface area contributed by atoms with Crippen molar-refractivity contribution in [1.82, 2.24) is 9.97 Å². The summed E-state index contributed by atoms with van der Waals surface area (Å²) in [5, 5.41) is 3.59. The Kier molecular flexibility index (Phi) is 11.9. The van der Waals surface area contributed by atoms with Gasteiger partial charge in [0, 0.05) is 37.9 Å². The Balaban J connectivity index is 0.000000192. The standard InChI is InChI=1S/C33H26NO.C20H20NSi.Ir/c1-33(2,3)25-13-9-12-24(20-25)26-16-17-27(32-31(26)28-14-7-8-15-30(28)35-32)29-21-23(18-19-34-29)22-10-5-4-6-11-22;1-22(2,3)19-12-13-20(21-15-19)18-11-7-10-17(14-18)16-8-5-4-6-9-16;/h4-16,18-21H,1-3H3;4-10,12-15H,1-3H3;/q2*-1;. The SMILES string of the molecule is CC(C)(C)c1cccc(-c2c[c-]c(-c3cc(-c4ccccc4)ccn3)c3oc4ccccc4c23)c1.C[Si](C)(C)c1ccc(-c2[c-]ccc(-c3ccccc3)c2)nc1.[Ir]. The molecular formula is C53H46IrN2OSi-2. The molecule has 1 radical (unpaired) electrons. The zero-order chi connectivity index (χ0) is 39.6. The number of pyridine rings is 2. The molecule has 0 atom stereocenters. The number of hydrogen-bond acceptors (Lipinski definition) is 3. The first-order chi connectivity index (χ1) is 27.5. The molecule has 5 heteroatoms. The zero-order valence-electron chi connectivity index (χ0n) is 33.8. The molecule has 0 saturated heterocycles. The molecule has 289 valence electrons. The number of furan rings is 1. The van der Waals surface area contributed by atoms with Crippen molar-refractivity contribution in [3.8, 4) is 55.9 Å². The van der Waals surface area contributed by atoms with Gasteiger partial charge >= 0.3 is 0 Å². The Morgan fingerprint density at radius 2 is 1.26 bits per heavy atom. The van der Waals surface area contributed by atoms with Crippen LogP contribution in [0.25, 0.3) is 77.8 Å². The van der Waals surface area contributed by atoms with Gasteiger partial charge in [0.2, 0.25) is 0 Å². The van der Waals surface area contributed by atoms with Gasteiger partial charge in [-0.15, -0.1) is 47.5 Å². The van der Waals surface area contributed by atoms with E-state index in [9.17, 15) is 0 Å². The summed E-state index contributed by atoms with van der Waals surface area (Å²) in [6.07, 6.45) is 3.89. The molecule has 3 heterocycles. The minimum atomic E-state index is -1.29. The molecule has 0 bridgehead atoms. The van der Waals surface area contributed by atoms with E-state index in [1.165, 1.54) is 27.4 Å². The molecular weight excluding hydrogens is 901 g/mol. The molecule has 0 N–H and O–H groups in total. The third kappa shape index (κ3) is 8.73. The third-order valence-corrected chi connectivity index (χ3v) is 12.5. The topological polar surface area (TPSA) is 38.9 Å². The van der Waals surface area contributed by atoms with Gasteiger partial charge in [-0.25, -0.2) is 0 Å². The number of benzene rings is 6. The van der Waals surface area contributed by atoms with Crippen molar-refractivity contribution in [3.05, 3.63) is 188 Å². The molecule has 9 aromatic rings. The zero-order valence-corrected chi connectivity index (χ0v) is 37.2. The molecule has 6 aromatic carbocycles. The Hall–Kier alpha value is -5.71. The third-order valence-electron chi connectivity index (χ3n) is 10.4. The number of nitrogens with zero attached hydrogens (tertiary/aromatic N) is 2. The van der Waals surface area contributed by atoms with Gasteiger partial charge in [-0.2, -0.15) is 0 Å². The van der Waals surface area contributed by atoms with Crippen LogP contribution in [-0.2, 0) is 25.5 Å². The maximum absolute atomic E-state index is 6.47. The molecule has 0 amide bonds. The molecule has 3 nitrogen and oxygen atoms in total. The number of hydrogen-bond donors (Lipinski definition) is 0. The van der Waals surface area contributed by atoms with Gasteiger partial charge in [0.25, 0.3) is 0 Å². The summed E-state index contributed by atoms with van der Waals surface area (Å²) in [6, 6.07) is 61.5. The Morgan fingerprint density at radius 1 is 0.586 bits per heavy atom. The smallest absolute Gasteiger partial charge is 0.120 e. The molecule has 3 aromatic heterocycles. The summed E-state index contributed by atoms with van der Waals surface area (Å²) in [5.41, 5.74) is 13.8. The fourth-order valence-electron chi connectivity index (χ4n) is 7.14. The van der Waals surface area contributed by atoms with Crippen molar-refractivity contribution in [1.29, 1.82) is 0 Å². The van der Waals surface area contributed by atoms with Crippen LogP contribution in [-0.4, -0.2) is 18.0 Å². The van der Waals surface area contributed by atoms with E-state index in [-0.39, 0.29) is 25.5 Å². The van der Waals surface area contributed by atoms with Crippen LogP contribution >= 0.6 is 0 Å². The number of fused-ring (bicyclic) bond motifs is 3. The van der Waals surface area contributed by atoms with Gasteiger partial charge in [0.1, 0.15) is 5.58 Å². The summed E-state index contributed by atoms with van der Waals surface area (Å²) in [6.45, 7) is 13.8. The maximum atomic E-state index is 6.47. The minimum Gasteiger partial charge on any atom is -0.501 e. The fourth-order valence-corrected chi connectivity index (χ4v) is 8.18. The second-order valence-corrected chi connectivity index (χ2v) is 21.6. The van der Waals surface area contributed by atoms with Gasteiger partial charge in [0.05, 0.1) is 13.7 Å². The van der Waals surface area contributed by atoms with E-state index in [2.05, 4.69) is 179 Å². The first kappa shape index (κ1) is 40.5. The van der Waals surface area contributed by atoms with Crippen LogP contribution < -0.4 is 5.19 Å². The van der Waals surface area contributed by atoms with E-state index < -0.39 is 8.07 Å². The molecule has 0 fully saturated rings. The van der Waals surface area contributed by atoms with E-state index in [1.807, 2.05) is 48.8 Å². The van der Waals surface area contributed by atoms with Gasteiger partial charge in [-0.05, 0) is 61.8 Å². The number of para-hydroxylation sites is 1. The van der Waals surface area contributed by atoms with Crippen LogP contribution in [0.15, 0.2) is 175 Å². The number of rotatable bonds is 6. The van der Waals surface area contributed by atoms with Crippen LogP contribution in [0.3, 0.4) is 0 Å². The quantitative estimate of drug-likeness (QED) is 0.123. The van der Waals surface area contributed by atoms with Crippen molar-refractivity contribution < 1.29 is 24.5 Å². The molecule has 0 spiro atoms. The summed E-state index contributed by atoms with van der Waals surface area (Å²) in [5.74, 6) is 0. The van der Waals surface area contributed by atoms with E-state index in [0.717, 1.165) is 61.1 Å². The van der Waals surface area contributed by atoms with Crippen LogP contribution in [0.2, 0.25) is 19.6 Å². The van der Waals surface area contributed by atoms with E-state index in [4.69, 9.17) is 9.40 Å². The molecule has 0 unspecified atom stereocenters. The first-order valence-electron chi connectivity index (χ1n) is 19.6. The van der Waals surface area contributed by atoms with Crippen LogP contribution in [0.1, 0.15) is 26.3 Å². The van der Waals surface area contributed by atoms with E-state index >= 15 is 0 Å². The largest absolute Gasteiger partial charge is 0.501 e. The van der Waals surface area contributed by atoms with Gasteiger partial charge in [-0.1, -0.05) is 178 Å². The van der Waals surface area contributed by atoms with Crippen molar-refractivity contribution in [2.75, 3.05) is 0 Å². The average molecular weight is 947 g/mol. The molecule has 0 aliphatic heterocycles. The van der Waals surface area contributed by atoms with Crippen molar-refractivity contribution in [2.24, 2.45) is 0 Å². The summed E-state index contributed by atoms with van der Waals surface area (Å²) in [7, 11) is -1.29. The van der Waals surface area contributed by atoms with Gasteiger partial charge in [-0.3, -0.25) is 0 Å². The second-order valence-electron chi connectivity index (χ2n) is 16.5. The fraction of sp³-hybridized carbons (Fsp3) is 0.132. The Labute approximate surface area is 357 Å². The maximum Gasteiger partial charge on any atom is 0.120 e. The van der Waals surface area contributed by atoms with E-state index in [0.29, 0.717) is 0 Å². The molecule has 0 aliphatic carbocycles. The first-order valence-corrected chi connectivity index (χ1v) is 23.1. The summed E-state index contributed by atoms with van der Waals surface area (Å²) in [4.78, 5) is 9.37. The van der Waals surface area contributed by atoms with E-state index in [1.54, 1.807) is 0 Å². The van der Waals surface area contributed by atoms with Crippen LogP contribution in [0, 0.1) is 12.1 Å². The predicted octanol–water partition coefficient (Wildman–Crippen LogP) is 13.8. The van der Waals surface area contributed by atoms with Crippen LogP contribution in [0.4, 0.5) is 0 Å². The predicted molar refractivity (Wildman–Crippen MR) is 242 cm³/mol. The molecule has 9 rings (SSSR count). The second kappa shape index (κ2) is 17.0. The normalized spacial score (nSPS) is 11.5. The van der Waals surface area contributed by atoms with Crippen molar-refractivity contribution >= 4 is 35.2 Å². The minimum absolute atomic E-state index is 0. The summed E-state index contributed by atoms with van der Waals surface area (Å²) >= 11 is 0. The Bertz CT molecular complexity index is 2800. The molecule has 0 aliphatic rings. The number of aromatic nitrogens is 2. The Morgan fingerprint density at radius 3 is 1.93 bits per heavy atom. The van der Waals surface area contributed by atoms with Crippen molar-refractivity contribution in [3.63, 3.8) is 0 Å². The molecule has 0 saturated carbocycles. The van der Waals surface area contributed by atoms with Gasteiger partial charge < -0.3 is 14.4 Å². The summed E-state index contributed by atoms with van der Waals surface area (Å²) < 4.78 is 6.47. The van der Waals surface area contributed by atoms with Crippen molar-refractivity contribution in [2.45, 2.75) is 45.8 Å². The average Bonchev–Trinajstić information content (AvgIpc) is 3.64. The van der Waals surface area contributed by atoms with Crippen LogP contribution in [0.5, 0.6) is 0 Å².